The van der Waals surface area contributed by atoms with Crippen molar-refractivity contribution in [3.05, 3.63) is 76.7 Å². The maximum Gasteiger partial charge on any atom is 0.337 e. The molecule has 1 aromatic carbocycles. The zero-order chi connectivity index (χ0) is 20.2. The van der Waals surface area contributed by atoms with Crippen LogP contribution < -0.4 is 10.5 Å². The number of carbonyl (C=O) groups excluding carboxylic acids is 1. The highest BCUT2D eigenvalue weighted by Crippen LogP contribution is 2.36. The number of thiophene rings is 1. The first-order valence-corrected chi connectivity index (χ1v) is 9.77. The average Bonchev–Trinajstić information content (AvgIpc) is 3.47. The van der Waals surface area contributed by atoms with Crippen LogP contribution in [0.3, 0.4) is 0 Å². The number of anilines is 1. The fourth-order valence-corrected chi connectivity index (χ4v) is 3.49. The van der Waals surface area contributed by atoms with Crippen LogP contribution in [0.4, 0.5) is 5.69 Å². The van der Waals surface area contributed by atoms with E-state index in [1.54, 1.807) is 41.9 Å². The molecule has 4 rings (SSSR count). The van der Waals surface area contributed by atoms with Crippen LogP contribution >= 0.6 is 11.3 Å². The molecular formula is C22H18N2O4S. The van der Waals surface area contributed by atoms with Gasteiger partial charge in [-0.25, -0.2) is 9.78 Å². The summed E-state index contributed by atoms with van der Waals surface area (Å²) >= 11 is 1.59. The highest BCUT2D eigenvalue weighted by Gasteiger charge is 2.16. The molecule has 3 heterocycles. The highest BCUT2D eigenvalue weighted by atomic mass is 32.1. The van der Waals surface area contributed by atoms with Crippen LogP contribution in [0.15, 0.2) is 70.0 Å². The largest absolute Gasteiger partial charge is 0.471 e. The topological polar surface area (TPSA) is 87.6 Å². The van der Waals surface area contributed by atoms with Gasteiger partial charge in [0.2, 0.25) is 5.88 Å². The fourth-order valence-electron chi connectivity index (χ4n) is 2.84. The predicted molar refractivity (Wildman–Crippen MR) is 112 cm³/mol. The van der Waals surface area contributed by atoms with Crippen molar-refractivity contribution in [1.82, 2.24) is 4.98 Å². The molecule has 0 atom stereocenters. The van der Waals surface area contributed by atoms with Crippen molar-refractivity contribution >= 4 is 23.0 Å². The number of nitrogen functional groups attached to an aromatic ring is 1. The van der Waals surface area contributed by atoms with Gasteiger partial charge in [0.05, 0.1) is 24.6 Å². The van der Waals surface area contributed by atoms with E-state index in [0.717, 1.165) is 22.4 Å². The van der Waals surface area contributed by atoms with Gasteiger partial charge in [0.25, 0.3) is 0 Å². The number of carbonyl (C=O) groups is 1. The van der Waals surface area contributed by atoms with E-state index in [9.17, 15) is 4.79 Å². The van der Waals surface area contributed by atoms with Gasteiger partial charge >= 0.3 is 5.97 Å². The molecule has 0 unspecified atom stereocenters. The molecule has 0 saturated carbocycles. The Morgan fingerprint density at radius 1 is 1.21 bits per heavy atom. The molecule has 0 amide bonds. The molecule has 0 spiro atoms. The number of ether oxygens (including phenoxy) is 2. The summed E-state index contributed by atoms with van der Waals surface area (Å²) in [7, 11) is 1.35. The van der Waals surface area contributed by atoms with Gasteiger partial charge < -0.3 is 19.6 Å². The first-order valence-electron chi connectivity index (χ1n) is 8.82. The van der Waals surface area contributed by atoms with Crippen molar-refractivity contribution in [2.45, 2.75) is 6.61 Å². The number of rotatable bonds is 6. The number of pyridine rings is 1. The van der Waals surface area contributed by atoms with Gasteiger partial charge in [-0.3, -0.25) is 0 Å². The minimum atomic E-state index is -0.380. The number of benzene rings is 1. The lowest BCUT2D eigenvalue weighted by molar-refractivity contribution is 0.0600. The molecule has 0 aliphatic heterocycles. The number of nitrogens with zero attached hydrogens (tertiary/aromatic N) is 1. The molecule has 0 fully saturated rings. The van der Waals surface area contributed by atoms with Crippen molar-refractivity contribution < 1.29 is 18.7 Å². The number of hydrogen-bond donors (Lipinski definition) is 1. The molecule has 7 heteroatoms. The summed E-state index contributed by atoms with van der Waals surface area (Å²) in [6.45, 7) is 0.253. The first-order chi connectivity index (χ1) is 14.2. The van der Waals surface area contributed by atoms with Gasteiger partial charge in [0.15, 0.2) is 0 Å². The smallest absolute Gasteiger partial charge is 0.337 e. The van der Waals surface area contributed by atoms with E-state index in [-0.39, 0.29) is 12.6 Å². The minimum Gasteiger partial charge on any atom is -0.471 e. The standard InChI is InChI=1S/C22H18N2O4S/c1-26-22(25)15-6-4-14(5-7-15)12-28-21-20(23)17(19-3-2-9-27-19)11-18(24-21)16-8-10-29-13-16/h2-11,13H,12,23H2,1H3. The summed E-state index contributed by atoms with van der Waals surface area (Å²) in [4.78, 5) is 16.2. The van der Waals surface area contributed by atoms with Crippen molar-refractivity contribution in [3.8, 4) is 28.5 Å². The molecule has 29 heavy (non-hydrogen) atoms. The zero-order valence-electron chi connectivity index (χ0n) is 15.6. The number of methoxy groups -OCH3 is 1. The second-order valence-electron chi connectivity index (χ2n) is 6.24. The van der Waals surface area contributed by atoms with E-state index in [1.165, 1.54) is 7.11 Å². The third kappa shape index (κ3) is 4.00. The fraction of sp³-hybridized carbons (Fsp3) is 0.0909. The van der Waals surface area contributed by atoms with Crippen molar-refractivity contribution in [2.24, 2.45) is 0 Å². The van der Waals surface area contributed by atoms with Crippen LogP contribution in [-0.2, 0) is 11.3 Å². The lowest BCUT2D eigenvalue weighted by atomic mass is 10.1. The van der Waals surface area contributed by atoms with E-state index >= 15 is 0 Å². The van der Waals surface area contributed by atoms with Gasteiger partial charge in [0, 0.05) is 16.5 Å². The Morgan fingerprint density at radius 3 is 2.69 bits per heavy atom. The van der Waals surface area contributed by atoms with Crippen LogP contribution in [0.1, 0.15) is 15.9 Å². The van der Waals surface area contributed by atoms with Crippen LogP contribution in [0.5, 0.6) is 5.88 Å². The van der Waals surface area contributed by atoms with Crippen molar-refractivity contribution in [2.75, 3.05) is 12.8 Å². The van der Waals surface area contributed by atoms with Gasteiger partial charge in [-0.1, -0.05) is 12.1 Å². The average molecular weight is 406 g/mol. The van der Waals surface area contributed by atoms with E-state index < -0.39 is 0 Å². The molecule has 3 aromatic heterocycles. The summed E-state index contributed by atoms with van der Waals surface area (Å²) in [6.07, 6.45) is 1.60. The Hall–Kier alpha value is -3.58. The van der Waals surface area contributed by atoms with Crippen molar-refractivity contribution in [1.29, 1.82) is 0 Å². The van der Waals surface area contributed by atoms with Crippen LogP contribution in [0.2, 0.25) is 0 Å². The Bertz CT molecular complexity index is 1100. The quantitative estimate of drug-likeness (QED) is 0.453. The third-order valence-corrected chi connectivity index (χ3v) is 5.06. The molecule has 0 aliphatic rings. The third-order valence-electron chi connectivity index (χ3n) is 4.38. The SMILES string of the molecule is COC(=O)c1ccc(COc2nc(-c3ccsc3)cc(-c3ccco3)c2N)cc1. The molecule has 0 bridgehead atoms. The summed E-state index contributed by atoms with van der Waals surface area (Å²) in [5.41, 5.74) is 10.6. The Kier molecular flexibility index (Phi) is 5.31. The number of esters is 1. The number of aromatic nitrogens is 1. The van der Waals surface area contributed by atoms with Crippen molar-refractivity contribution in [3.63, 3.8) is 0 Å². The first kappa shape index (κ1) is 18.8. The summed E-state index contributed by atoms with van der Waals surface area (Å²) in [6, 6.07) is 14.5. The Morgan fingerprint density at radius 2 is 2.03 bits per heavy atom. The highest BCUT2D eigenvalue weighted by molar-refractivity contribution is 7.08. The molecular weight excluding hydrogens is 388 g/mol. The molecule has 0 radical (unpaired) electrons. The monoisotopic (exact) mass is 406 g/mol. The van der Waals surface area contributed by atoms with E-state index in [1.807, 2.05) is 35.0 Å². The Labute approximate surface area is 171 Å². The normalized spacial score (nSPS) is 10.7. The lowest BCUT2D eigenvalue weighted by Crippen LogP contribution is -2.04. The lowest BCUT2D eigenvalue weighted by Gasteiger charge is -2.13. The van der Waals surface area contributed by atoms with Crippen LogP contribution in [0, 0.1) is 0 Å². The molecule has 4 aromatic rings. The van der Waals surface area contributed by atoms with Crippen LogP contribution in [-0.4, -0.2) is 18.1 Å². The zero-order valence-corrected chi connectivity index (χ0v) is 16.4. The molecule has 146 valence electrons. The summed E-state index contributed by atoms with van der Waals surface area (Å²) < 4.78 is 16.2. The van der Waals surface area contributed by atoms with E-state index in [2.05, 4.69) is 4.98 Å². The van der Waals surface area contributed by atoms with E-state index in [0.29, 0.717) is 22.9 Å². The number of hydrogen-bond acceptors (Lipinski definition) is 7. The van der Waals surface area contributed by atoms with Gasteiger partial charge in [-0.15, -0.1) is 0 Å². The number of nitrogens with two attached hydrogens (primary N) is 1. The Balaban J connectivity index is 1.63. The second-order valence-corrected chi connectivity index (χ2v) is 7.02. The van der Waals surface area contributed by atoms with Gasteiger partial charge in [-0.2, -0.15) is 11.3 Å². The van der Waals surface area contributed by atoms with E-state index in [4.69, 9.17) is 19.6 Å². The van der Waals surface area contributed by atoms with Gasteiger partial charge in [-0.05, 0) is 47.3 Å². The number of furan rings is 1. The molecule has 0 aliphatic carbocycles. The second kappa shape index (κ2) is 8.20. The van der Waals surface area contributed by atoms with Crippen LogP contribution in [0.25, 0.3) is 22.6 Å². The van der Waals surface area contributed by atoms with Gasteiger partial charge in [0.1, 0.15) is 18.1 Å². The maximum absolute atomic E-state index is 11.6. The summed E-state index contributed by atoms with van der Waals surface area (Å²) in [5.74, 6) is 0.598. The minimum absolute atomic E-state index is 0.253. The predicted octanol–water partition coefficient (Wildman–Crippen LogP) is 5.02. The summed E-state index contributed by atoms with van der Waals surface area (Å²) in [5, 5.41) is 4.00. The molecule has 0 saturated heterocycles. The maximum atomic E-state index is 11.6. The molecule has 2 N–H and O–H groups in total. The molecule has 6 nitrogen and oxygen atoms in total.